The Kier molecular flexibility index (Phi) is 10.5. The molecule has 1 N–H and O–H groups in total. The van der Waals surface area contributed by atoms with E-state index in [4.69, 9.17) is 9.47 Å². The number of carbonyl (C=O) groups excluding carboxylic acids is 2. The molecule has 5 nitrogen and oxygen atoms in total. The van der Waals surface area contributed by atoms with Gasteiger partial charge >= 0.3 is 0 Å². The molecule has 2 rings (SSSR count). The van der Waals surface area contributed by atoms with E-state index in [1.807, 2.05) is 13.8 Å². The van der Waals surface area contributed by atoms with Crippen molar-refractivity contribution in [2.75, 3.05) is 26.9 Å². The third-order valence-electron chi connectivity index (χ3n) is 6.48. The summed E-state index contributed by atoms with van der Waals surface area (Å²) in [6.07, 6.45) is 9.96. The van der Waals surface area contributed by atoms with Gasteiger partial charge in [0.05, 0.1) is 0 Å². The molecule has 2 aliphatic rings. The Bertz CT molecular complexity index is 463. The van der Waals surface area contributed by atoms with Crippen LogP contribution in [0.1, 0.15) is 78.1 Å². The molecular formula is C23H41NO4. The molecule has 1 amide bonds. The fraction of sp³-hybridized carbons (Fsp3) is 0.913. The summed E-state index contributed by atoms with van der Waals surface area (Å²) in [5.74, 6) is 2.23. The van der Waals surface area contributed by atoms with Gasteiger partial charge in [-0.05, 0) is 69.6 Å². The number of ketones is 1. The van der Waals surface area contributed by atoms with Crippen LogP contribution >= 0.6 is 0 Å². The van der Waals surface area contributed by atoms with E-state index >= 15 is 0 Å². The summed E-state index contributed by atoms with van der Waals surface area (Å²) in [6.45, 7) is 6.34. The highest BCUT2D eigenvalue weighted by Crippen LogP contribution is 2.29. The van der Waals surface area contributed by atoms with Gasteiger partial charge in [0.15, 0.2) is 0 Å². The molecule has 0 spiro atoms. The van der Waals surface area contributed by atoms with Crippen molar-refractivity contribution in [3.8, 4) is 0 Å². The Labute approximate surface area is 171 Å². The summed E-state index contributed by atoms with van der Waals surface area (Å²) < 4.78 is 11.1. The second-order valence-electron chi connectivity index (χ2n) is 9.19. The van der Waals surface area contributed by atoms with Crippen molar-refractivity contribution in [1.29, 1.82) is 0 Å². The zero-order valence-corrected chi connectivity index (χ0v) is 18.2. The molecule has 0 radical (unpaired) electrons. The molecule has 0 aliphatic heterocycles. The highest BCUT2D eigenvalue weighted by atomic mass is 16.5. The molecule has 0 aromatic heterocycles. The minimum atomic E-state index is 0.122. The minimum absolute atomic E-state index is 0.122. The molecule has 28 heavy (non-hydrogen) atoms. The summed E-state index contributed by atoms with van der Waals surface area (Å²) in [5.41, 5.74) is 0. The fourth-order valence-electron chi connectivity index (χ4n) is 4.68. The molecule has 0 atom stereocenters. The van der Waals surface area contributed by atoms with E-state index in [1.165, 1.54) is 25.7 Å². The molecule has 0 saturated heterocycles. The maximum atomic E-state index is 12.2. The van der Waals surface area contributed by atoms with Crippen LogP contribution in [0, 0.1) is 23.7 Å². The standard InChI is InChI=1S/C23H41NO4/c1-17(2)23(26)20-10-12-21(13-11-20)24-22(25)5-4-14-28-16-19-8-6-18(7-9-19)15-27-3/h17-21H,4-16H2,1-3H3,(H,24,25)/t18-,19+,20-,21+. The van der Waals surface area contributed by atoms with E-state index < -0.39 is 0 Å². The van der Waals surface area contributed by atoms with Crippen LogP contribution < -0.4 is 5.32 Å². The Balaban J connectivity index is 1.48. The molecule has 5 heteroatoms. The third kappa shape index (κ3) is 8.20. The van der Waals surface area contributed by atoms with Gasteiger partial charge < -0.3 is 14.8 Å². The summed E-state index contributed by atoms with van der Waals surface area (Å²) >= 11 is 0. The monoisotopic (exact) mass is 395 g/mol. The SMILES string of the molecule is COC[C@H]1CC[C@@H](COCCCC(=O)N[C@H]2CC[C@@H](C(=O)C(C)C)CC2)CC1. The Hall–Kier alpha value is -0.940. The molecule has 0 aromatic carbocycles. The van der Waals surface area contributed by atoms with Gasteiger partial charge in [0.2, 0.25) is 5.91 Å². The van der Waals surface area contributed by atoms with Gasteiger partial charge in [-0.2, -0.15) is 0 Å². The quantitative estimate of drug-likeness (QED) is 0.534. The maximum absolute atomic E-state index is 12.2. The van der Waals surface area contributed by atoms with E-state index in [0.29, 0.717) is 24.7 Å². The first kappa shape index (κ1) is 23.3. The number of hydrogen-bond acceptors (Lipinski definition) is 4. The zero-order valence-electron chi connectivity index (χ0n) is 18.2. The van der Waals surface area contributed by atoms with Crippen molar-refractivity contribution in [3.63, 3.8) is 0 Å². The number of hydrogen-bond donors (Lipinski definition) is 1. The van der Waals surface area contributed by atoms with E-state index in [0.717, 1.165) is 51.2 Å². The summed E-state index contributed by atoms with van der Waals surface area (Å²) in [6, 6.07) is 0.243. The molecule has 2 aliphatic carbocycles. The van der Waals surface area contributed by atoms with Crippen LogP contribution in [0.2, 0.25) is 0 Å². The Morgan fingerprint density at radius 2 is 1.54 bits per heavy atom. The fourth-order valence-corrected chi connectivity index (χ4v) is 4.68. The van der Waals surface area contributed by atoms with E-state index in [9.17, 15) is 9.59 Å². The van der Waals surface area contributed by atoms with Crippen LogP contribution in [0.3, 0.4) is 0 Å². The first-order valence-electron chi connectivity index (χ1n) is 11.4. The van der Waals surface area contributed by atoms with Crippen LogP contribution in [0.4, 0.5) is 0 Å². The van der Waals surface area contributed by atoms with Gasteiger partial charge in [-0.1, -0.05) is 13.8 Å². The molecule has 2 saturated carbocycles. The first-order chi connectivity index (χ1) is 13.5. The molecule has 0 aromatic rings. The molecule has 0 heterocycles. The smallest absolute Gasteiger partial charge is 0.220 e. The average molecular weight is 396 g/mol. The van der Waals surface area contributed by atoms with Gasteiger partial charge in [-0.15, -0.1) is 0 Å². The lowest BCUT2D eigenvalue weighted by Gasteiger charge is -2.29. The van der Waals surface area contributed by atoms with Crippen LogP contribution in [0.5, 0.6) is 0 Å². The van der Waals surface area contributed by atoms with Crippen molar-refractivity contribution >= 4 is 11.7 Å². The molecule has 0 unspecified atom stereocenters. The van der Waals surface area contributed by atoms with E-state index in [2.05, 4.69) is 5.32 Å². The molecule has 0 bridgehead atoms. The Morgan fingerprint density at radius 3 is 2.11 bits per heavy atom. The number of Topliss-reactive ketones (excluding diaryl/α,β-unsaturated/α-hetero) is 1. The zero-order chi connectivity index (χ0) is 20.4. The molecular weight excluding hydrogens is 354 g/mol. The number of methoxy groups -OCH3 is 1. The topological polar surface area (TPSA) is 64.6 Å². The summed E-state index contributed by atoms with van der Waals surface area (Å²) in [5, 5.41) is 3.15. The number of carbonyl (C=O) groups is 2. The lowest BCUT2D eigenvalue weighted by molar-refractivity contribution is -0.127. The minimum Gasteiger partial charge on any atom is -0.384 e. The Morgan fingerprint density at radius 1 is 0.929 bits per heavy atom. The number of amides is 1. The third-order valence-corrected chi connectivity index (χ3v) is 6.48. The molecule has 2 fully saturated rings. The van der Waals surface area contributed by atoms with Gasteiger partial charge in [0, 0.05) is 51.2 Å². The van der Waals surface area contributed by atoms with Gasteiger partial charge in [-0.25, -0.2) is 0 Å². The predicted molar refractivity (Wildman–Crippen MR) is 111 cm³/mol. The van der Waals surface area contributed by atoms with Gasteiger partial charge in [-0.3, -0.25) is 9.59 Å². The van der Waals surface area contributed by atoms with Crippen LogP contribution in [0.25, 0.3) is 0 Å². The maximum Gasteiger partial charge on any atom is 0.220 e. The average Bonchev–Trinajstić information content (AvgIpc) is 2.69. The molecule has 162 valence electrons. The van der Waals surface area contributed by atoms with Crippen molar-refractivity contribution in [1.82, 2.24) is 5.32 Å². The number of ether oxygens (including phenoxy) is 2. The lowest BCUT2D eigenvalue weighted by Crippen LogP contribution is -2.39. The summed E-state index contributed by atoms with van der Waals surface area (Å²) in [4.78, 5) is 24.2. The highest BCUT2D eigenvalue weighted by molar-refractivity contribution is 5.83. The van der Waals surface area contributed by atoms with Crippen LogP contribution in [0.15, 0.2) is 0 Å². The van der Waals surface area contributed by atoms with Crippen molar-refractivity contribution in [3.05, 3.63) is 0 Å². The normalized spacial score (nSPS) is 28.3. The largest absolute Gasteiger partial charge is 0.384 e. The second-order valence-corrected chi connectivity index (χ2v) is 9.19. The highest BCUT2D eigenvalue weighted by Gasteiger charge is 2.28. The van der Waals surface area contributed by atoms with Gasteiger partial charge in [0.1, 0.15) is 5.78 Å². The van der Waals surface area contributed by atoms with Crippen molar-refractivity contribution in [2.24, 2.45) is 23.7 Å². The van der Waals surface area contributed by atoms with Gasteiger partial charge in [0.25, 0.3) is 0 Å². The number of rotatable bonds is 11. The predicted octanol–water partition coefficient (Wildman–Crippen LogP) is 4.14. The number of nitrogens with one attached hydrogen (secondary N) is 1. The second kappa shape index (κ2) is 12.6. The van der Waals surface area contributed by atoms with Crippen LogP contribution in [-0.2, 0) is 19.1 Å². The van der Waals surface area contributed by atoms with Crippen molar-refractivity contribution < 1.29 is 19.1 Å². The lowest BCUT2D eigenvalue weighted by atomic mass is 9.80. The van der Waals surface area contributed by atoms with E-state index in [-0.39, 0.29) is 23.8 Å². The van der Waals surface area contributed by atoms with Crippen LogP contribution in [-0.4, -0.2) is 44.7 Å². The summed E-state index contributed by atoms with van der Waals surface area (Å²) in [7, 11) is 1.78. The van der Waals surface area contributed by atoms with E-state index in [1.54, 1.807) is 7.11 Å². The first-order valence-corrected chi connectivity index (χ1v) is 11.4. The van der Waals surface area contributed by atoms with Crippen molar-refractivity contribution in [2.45, 2.75) is 84.1 Å².